The van der Waals surface area contributed by atoms with Crippen molar-refractivity contribution in [3.63, 3.8) is 0 Å². The van der Waals surface area contributed by atoms with Crippen LogP contribution < -0.4 is 4.74 Å². The number of hydrogen-bond acceptors (Lipinski definition) is 5. The summed E-state index contributed by atoms with van der Waals surface area (Å²) < 4.78 is 26.9. The molecule has 0 bridgehead atoms. The Balaban J connectivity index is 1.30. The molecule has 0 saturated carbocycles. The summed E-state index contributed by atoms with van der Waals surface area (Å²) in [6, 6.07) is 10.5. The third-order valence-electron chi connectivity index (χ3n) is 4.90. The van der Waals surface area contributed by atoms with Crippen molar-refractivity contribution in [2.45, 2.75) is 19.1 Å². The van der Waals surface area contributed by atoms with Gasteiger partial charge in [-0.15, -0.1) is 0 Å². The van der Waals surface area contributed by atoms with Crippen LogP contribution in [0.4, 0.5) is 4.39 Å². The molecule has 0 radical (unpaired) electrons. The van der Waals surface area contributed by atoms with Crippen molar-refractivity contribution in [2.24, 2.45) is 7.05 Å². The number of aryl methyl sites for hydroxylation is 1. The summed E-state index contributed by atoms with van der Waals surface area (Å²) in [6.45, 7) is 3.54. The van der Waals surface area contributed by atoms with Gasteiger partial charge in [0.1, 0.15) is 6.10 Å². The second-order valence-corrected chi connectivity index (χ2v) is 6.89. The van der Waals surface area contributed by atoms with Gasteiger partial charge in [-0.25, -0.2) is 4.39 Å². The molecule has 1 N–H and O–H groups in total. The van der Waals surface area contributed by atoms with E-state index in [1.165, 1.54) is 11.8 Å². The molecule has 0 amide bonds. The maximum atomic E-state index is 13.6. The van der Waals surface area contributed by atoms with E-state index in [1.807, 2.05) is 30.1 Å². The summed E-state index contributed by atoms with van der Waals surface area (Å²) in [5, 5.41) is 11.7. The maximum absolute atomic E-state index is 13.6. The van der Waals surface area contributed by atoms with Gasteiger partial charge in [-0.1, -0.05) is 12.1 Å². The van der Waals surface area contributed by atoms with Crippen LogP contribution in [0.15, 0.2) is 42.6 Å². The molecule has 1 aromatic carbocycles. The fourth-order valence-electron chi connectivity index (χ4n) is 3.32. The van der Waals surface area contributed by atoms with E-state index in [1.54, 1.807) is 18.2 Å². The maximum Gasteiger partial charge on any atom is 0.165 e. The third-order valence-corrected chi connectivity index (χ3v) is 4.90. The highest BCUT2D eigenvalue weighted by molar-refractivity contribution is 5.23. The Morgan fingerprint density at radius 2 is 2.21 bits per heavy atom. The molecular weight excluding hydrogens is 361 g/mol. The number of para-hydroxylation sites is 1. The Labute approximate surface area is 163 Å². The zero-order valence-electron chi connectivity index (χ0n) is 15.8. The van der Waals surface area contributed by atoms with E-state index in [2.05, 4.69) is 20.2 Å². The average molecular weight is 385 g/mol. The summed E-state index contributed by atoms with van der Waals surface area (Å²) in [4.78, 5) is 2.35. The summed E-state index contributed by atoms with van der Waals surface area (Å²) in [7, 11) is 1.95. The van der Waals surface area contributed by atoms with Crippen molar-refractivity contribution in [2.75, 3.05) is 26.3 Å². The number of hydrogen-bond donors (Lipinski definition) is 1. The van der Waals surface area contributed by atoms with Gasteiger partial charge in [0.05, 0.1) is 24.6 Å². The largest absolute Gasteiger partial charge is 0.490 e. The topological polar surface area (TPSA) is 68.2 Å². The van der Waals surface area contributed by atoms with E-state index in [0.29, 0.717) is 19.6 Å². The fourth-order valence-corrected chi connectivity index (χ4v) is 3.32. The Hall–Kier alpha value is -2.71. The van der Waals surface area contributed by atoms with E-state index < -0.39 is 0 Å². The van der Waals surface area contributed by atoms with Crippen LogP contribution in [0, 0.1) is 5.82 Å². The lowest BCUT2D eigenvalue weighted by Crippen LogP contribution is -2.38. The van der Waals surface area contributed by atoms with E-state index in [-0.39, 0.29) is 17.7 Å². The molecule has 2 aromatic heterocycles. The zero-order valence-corrected chi connectivity index (χ0v) is 15.8. The Kier molecular flexibility index (Phi) is 5.68. The van der Waals surface area contributed by atoms with Crippen molar-refractivity contribution in [3.05, 3.63) is 65.5 Å². The quantitative estimate of drug-likeness (QED) is 0.677. The Morgan fingerprint density at radius 3 is 3.04 bits per heavy atom. The van der Waals surface area contributed by atoms with Gasteiger partial charge >= 0.3 is 0 Å². The fraction of sp³-hybridized carbons (Fsp3) is 0.400. The van der Waals surface area contributed by atoms with E-state index >= 15 is 0 Å². The Bertz CT molecular complexity index is 909. The van der Waals surface area contributed by atoms with Gasteiger partial charge in [0.25, 0.3) is 0 Å². The van der Waals surface area contributed by atoms with Gasteiger partial charge in [-0.2, -0.15) is 10.2 Å². The van der Waals surface area contributed by atoms with Crippen LogP contribution in [0.25, 0.3) is 0 Å². The molecule has 4 rings (SSSR count). The molecule has 1 saturated heterocycles. The molecular formula is C20H24FN5O2. The second kappa shape index (κ2) is 8.53. The summed E-state index contributed by atoms with van der Waals surface area (Å²) >= 11 is 0. The second-order valence-electron chi connectivity index (χ2n) is 6.89. The van der Waals surface area contributed by atoms with E-state index in [9.17, 15) is 4.39 Å². The van der Waals surface area contributed by atoms with Gasteiger partial charge in [0.2, 0.25) is 0 Å². The standard InChI is InChI=1S/C20H24FN5O2/c1-25-16(6-8-22-25)13-26-9-11-28-20(14-26)18-12-15(23-24-18)7-10-27-19-5-3-2-4-17(19)21/h2-6,8,12,20H,7,9-11,13-14H2,1H3,(H,23,24)/t20-/m0/s1. The van der Waals surface area contributed by atoms with E-state index in [0.717, 1.165) is 31.0 Å². The van der Waals surface area contributed by atoms with Crippen LogP contribution >= 0.6 is 0 Å². The van der Waals surface area contributed by atoms with Crippen LogP contribution in [0.5, 0.6) is 5.75 Å². The number of rotatable bonds is 7. The van der Waals surface area contributed by atoms with Crippen molar-refractivity contribution in [3.8, 4) is 5.75 Å². The highest BCUT2D eigenvalue weighted by atomic mass is 19.1. The van der Waals surface area contributed by atoms with Crippen LogP contribution in [0.3, 0.4) is 0 Å². The number of H-pyrrole nitrogens is 1. The molecule has 1 aliphatic heterocycles. The third kappa shape index (κ3) is 4.40. The number of ether oxygens (including phenoxy) is 2. The minimum Gasteiger partial charge on any atom is -0.490 e. The normalized spacial score (nSPS) is 17.7. The molecule has 7 nitrogen and oxygen atoms in total. The summed E-state index contributed by atoms with van der Waals surface area (Å²) in [5.41, 5.74) is 3.00. The molecule has 0 aliphatic carbocycles. The lowest BCUT2D eigenvalue weighted by Gasteiger charge is -2.31. The first kappa shape index (κ1) is 18.6. The SMILES string of the molecule is Cn1nccc1CN1CCO[C@H](c2cc(CCOc3ccccc3F)[nH]n2)C1. The number of aromatic nitrogens is 4. The predicted molar refractivity (Wildman–Crippen MR) is 101 cm³/mol. The van der Waals surface area contributed by atoms with Crippen LogP contribution in [-0.2, 0) is 24.8 Å². The lowest BCUT2D eigenvalue weighted by atomic mass is 10.2. The molecule has 1 aliphatic rings. The van der Waals surface area contributed by atoms with Crippen molar-refractivity contribution in [1.29, 1.82) is 0 Å². The van der Waals surface area contributed by atoms with Gasteiger partial charge < -0.3 is 9.47 Å². The van der Waals surface area contributed by atoms with Crippen LogP contribution in [-0.4, -0.2) is 51.2 Å². The van der Waals surface area contributed by atoms with Crippen LogP contribution in [0.2, 0.25) is 0 Å². The first-order valence-electron chi connectivity index (χ1n) is 9.41. The number of nitrogens with one attached hydrogen (secondary N) is 1. The smallest absolute Gasteiger partial charge is 0.165 e. The molecule has 0 unspecified atom stereocenters. The first-order chi connectivity index (χ1) is 13.7. The molecule has 1 atom stereocenters. The number of morpholine rings is 1. The number of benzene rings is 1. The molecule has 0 spiro atoms. The van der Waals surface area contributed by atoms with Gasteiger partial charge in [-0.05, 0) is 24.3 Å². The molecule has 28 heavy (non-hydrogen) atoms. The van der Waals surface area contributed by atoms with E-state index in [4.69, 9.17) is 9.47 Å². The lowest BCUT2D eigenvalue weighted by molar-refractivity contribution is -0.0356. The molecule has 148 valence electrons. The highest BCUT2D eigenvalue weighted by Gasteiger charge is 2.24. The average Bonchev–Trinajstić information content (AvgIpc) is 3.33. The van der Waals surface area contributed by atoms with Crippen molar-refractivity contribution in [1.82, 2.24) is 24.9 Å². The minimum absolute atomic E-state index is 0.0699. The highest BCUT2D eigenvalue weighted by Crippen LogP contribution is 2.22. The number of aromatic amines is 1. The summed E-state index contributed by atoms with van der Waals surface area (Å²) in [6.07, 6.45) is 2.36. The van der Waals surface area contributed by atoms with Gasteiger partial charge in [0.15, 0.2) is 11.6 Å². The number of nitrogens with zero attached hydrogens (tertiary/aromatic N) is 4. The van der Waals surface area contributed by atoms with Crippen molar-refractivity contribution >= 4 is 0 Å². The van der Waals surface area contributed by atoms with Crippen LogP contribution in [0.1, 0.15) is 23.2 Å². The van der Waals surface area contributed by atoms with Gasteiger partial charge in [-0.3, -0.25) is 14.7 Å². The molecule has 8 heteroatoms. The van der Waals surface area contributed by atoms with Gasteiger partial charge in [0, 0.05) is 45.0 Å². The molecule has 3 heterocycles. The molecule has 3 aromatic rings. The predicted octanol–water partition coefficient (Wildman–Crippen LogP) is 2.48. The Morgan fingerprint density at radius 1 is 1.32 bits per heavy atom. The van der Waals surface area contributed by atoms with Crippen molar-refractivity contribution < 1.29 is 13.9 Å². The summed E-state index contributed by atoms with van der Waals surface area (Å²) in [5.74, 6) is -0.0828. The zero-order chi connectivity index (χ0) is 19.3. The first-order valence-corrected chi connectivity index (χ1v) is 9.41. The minimum atomic E-state index is -0.350. The monoisotopic (exact) mass is 385 g/mol. The number of halogens is 1. The molecule has 1 fully saturated rings.